The van der Waals surface area contributed by atoms with Gasteiger partial charge in [-0.05, 0) is 25.0 Å². The van der Waals surface area contributed by atoms with Gasteiger partial charge in [-0.2, -0.15) is 0 Å². The smallest absolute Gasteiger partial charge is 0.339 e. The molecule has 2 heterocycles. The number of carbonyl (C=O) groups is 1. The van der Waals surface area contributed by atoms with Crippen LogP contribution in [0, 0.1) is 0 Å². The summed E-state index contributed by atoms with van der Waals surface area (Å²) in [7, 11) is 0. The quantitative estimate of drug-likeness (QED) is 0.783. The summed E-state index contributed by atoms with van der Waals surface area (Å²) < 4.78 is 0. The lowest BCUT2D eigenvalue weighted by Crippen LogP contribution is -2.37. The van der Waals surface area contributed by atoms with Crippen LogP contribution in [0.5, 0.6) is 0 Å². The first kappa shape index (κ1) is 12.1. The van der Waals surface area contributed by atoms with Gasteiger partial charge in [0.25, 0.3) is 0 Å². The first-order valence-corrected chi connectivity index (χ1v) is 5.78. The number of aromatic carboxylic acids is 1. The van der Waals surface area contributed by atoms with E-state index in [0.29, 0.717) is 31.7 Å². The van der Waals surface area contributed by atoms with Crippen molar-refractivity contribution in [1.82, 2.24) is 4.98 Å². The fourth-order valence-corrected chi connectivity index (χ4v) is 2.05. The highest BCUT2D eigenvalue weighted by atomic mass is 35.5. The third-order valence-corrected chi connectivity index (χ3v) is 3.05. The fraction of sp³-hybridized carbons (Fsp3) is 0.455. The van der Waals surface area contributed by atoms with Gasteiger partial charge in [0, 0.05) is 13.1 Å². The molecule has 2 N–H and O–H groups in total. The molecule has 0 atom stereocenters. The van der Waals surface area contributed by atoms with Crippen LogP contribution in [-0.2, 0) is 0 Å². The van der Waals surface area contributed by atoms with Crippen molar-refractivity contribution < 1.29 is 15.0 Å². The third-order valence-electron chi connectivity index (χ3n) is 2.84. The van der Waals surface area contributed by atoms with Crippen molar-refractivity contribution in [3.05, 3.63) is 22.8 Å². The SMILES string of the molecule is O=C(O)c1ccc(Cl)nc1N1CCC(O)CC1. The minimum absolute atomic E-state index is 0.144. The fourth-order valence-electron chi connectivity index (χ4n) is 1.91. The Morgan fingerprint density at radius 2 is 2.06 bits per heavy atom. The van der Waals surface area contributed by atoms with Crippen LogP contribution in [0.2, 0.25) is 5.15 Å². The number of carboxylic acid groups (broad SMARTS) is 1. The molecular formula is C11H13ClN2O3. The zero-order chi connectivity index (χ0) is 12.4. The number of pyridine rings is 1. The van der Waals surface area contributed by atoms with Gasteiger partial charge in [-0.25, -0.2) is 9.78 Å². The standard InChI is InChI=1S/C11H13ClN2O3/c12-9-2-1-8(11(16)17)10(13-9)14-5-3-7(15)4-6-14/h1-2,7,15H,3-6H2,(H,16,17). The Bertz CT molecular complexity index is 431. The second kappa shape index (κ2) is 4.89. The molecule has 2 rings (SSSR count). The minimum atomic E-state index is -1.02. The van der Waals surface area contributed by atoms with Gasteiger partial charge >= 0.3 is 5.97 Å². The molecule has 1 aromatic heterocycles. The van der Waals surface area contributed by atoms with Crippen molar-refractivity contribution in [2.24, 2.45) is 0 Å². The van der Waals surface area contributed by atoms with Gasteiger partial charge in [0.2, 0.25) is 0 Å². The van der Waals surface area contributed by atoms with Crippen LogP contribution in [-0.4, -0.2) is 40.4 Å². The number of piperidine rings is 1. The lowest BCUT2D eigenvalue weighted by Gasteiger charge is -2.31. The zero-order valence-electron chi connectivity index (χ0n) is 9.14. The van der Waals surface area contributed by atoms with Crippen LogP contribution >= 0.6 is 11.6 Å². The summed E-state index contributed by atoms with van der Waals surface area (Å²) in [4.78, 5) is 17.0. The van der Waals surface area contributed by atoms with E-state index in [1.807, 2.05) is 4.90 Å². The average molecular weight is 257 g/mol. The van der Waals surface area contributed by atoms with Crippen LogP contribution in [0.4, 0.5) is 5.82 Å². The van der Waals surface area contributed by atoms with Crippen molar-refractivity contribution in [1.29, 1.82) is 0 Å². The van der Waals surface area contributed by atoms with Crippen molar-refractivity contribution in [2.45, 2.75) is 18.9 Å². The summed E-state index contributed by atoms with van der Waals surface area (Å²) in [6, 6.07) is 2.92. The van der Waals surface area contributed by atoms with Crippen LogP contribution < -0.4 is 4.90 Å². The van der Waals surface area contributed by atoms with Gasteiger partial charge in [0.05, 0.1) is 6.10 Å². The number of nitrogens with zero attached hydrogens (tertiary/aromatic N) is 2. The van der Waals surface area contributed by atoms with E-state index in [-0.39, 0.29) is 16.8 Å². The molecule has 0 bridgehead atoms. The molecule has 0 saturated carbocycles. The molecule has 1 fully saturated rings. The highest BCUT2D eigenvalue weighted by Gasteiger charge is 2.22. The predicted octanol–water partition coefficient (Wildman–Crippen LogP) is 1.39. The molecule has 92 valence electrons. The topological polar surface area (TPSA) is 73.7 Å². The number of anilines is 1. The minimum Gasteiger partial charge on any atom is -0.478 e. The van der Waals surface area contributed by atoms with E-state index in [1.165, 1.54) is 12.1 Å². The van der Waals surface area contributed by atoms with E-state index in [9.17, 15) is 9.90 Å². The molecule has 0 aromatic carbocycles. The largest absolute Gasteiger partial charge is 0.478 e. The molecule has 0 spiro atoms. The number of carboxylic acids is 1. The lowest BCUT2D eigenvalue weighted by molar-refractivity contribution is 0.0697. The van der Waals surface area contributed by atoms with E-state index >= 15 is 0 Å². The molecule has 17 heavy (non-hydrogen) atoms. The molecule has 5 nitrogen and oxygen atoms in total. The number of hydrogen-bond acceptors (Lipinski definition) is 4. The Kier molecular flexibility index (Phi) is 3.49. The third kappa shape index (κ3) is 2.68. The van der Waals surface area contributed by atoms with Crippen LogP contribution in [0.1, 0.15) is 23.2 Å². The molecule has 1 aliphatic heterocycles. The summed E-state index contributed by atoms with van der Waals surface area (Å²) in [6.45, 7) is 1.18. The van der Waals surface area contributed by atoms with E-state index in [2.05, 4.69) is 4.98 Å². The Hall–Kier alpha value is -1.33. The zero-order valence-corrected chi connectivity index (χ0v) is 9.89. The molecule has 0 unspecified atom stereocenters. The Morgan fingerprint density at radius 1 is 1.41 bits per heavy atom. The van der Waals surface area contributed by atoms with E-state index < -0.39 is 5.97 Å². The molecule has 0 amide bonds. The summed E-state index contributed by atoms with van der Waals surface area (Å²) in [5, 5.41) is 18.8. The van der Waals surface area contributed by atoms with Gasteiger partial charge in [-0.3, -0.25) is 0 Å². The Morgan fingerprint density at radius 3 is 2.65 bits per heavy atom. The van der Waals surface area contributed by atoms with Crippen LogP contribution in [0.25, 0.3) is 0 Å². The number of aromatic nitrogens is 1. The van der Waals surface area contributed by atoms with Crippen molar-refractivity contribution >= 4 is 23.4 Å². The predicted molar refractivity (Wildman–Crippen MR) is 63.7 cm³/mol. The van der Waals surface area contributed by atoms with E-state index in [4.69, 9.17) is 16.7 Å². The highest BCUT2D eigenvalue weighted by Crippen LogP contribution is 2.24. The highest BCUT2D eigenvalue weighted by molar-refractivity contribution is 6.29. The number of hydrogen-bond donors (Lipinski definition) is 2. The first-order valence-electron chi connectivity index (χ1n) is 5.41. The number of aliphatic hydroxyl groups is 1. The first-order chi connectivity index (χ1) is 8.08. The number of rotatable bonds is 2. The van der Waals surface area contributed by atoms with Crippen LogP contribution in [0.3, 0.4) is 0 Å². The number of aliphatic hydroxyl groups excluding tert-OH is 1. The second-order valence-corrected chi connectivity index (χ2v) is 4.42. The molecule has 1 aromatic rings. The van der Waals surface area contributed by atoms with Crippen molar-refractivity contribution in [3.63, 3.8) is 0 Å². The van der Waals surface area contributed by atoms with Crippen molar-refractivity contribution in [3.8, 4) is 0 Å². The maximum absolute atomic E-state index is 11.1. The van der Waals surface area contributed by atoms with Crippen molar-refractivity contribution in [2.75, 3.05) is 18.0 Å². The van der Waals surface area contributed by atoms with Gasteiger partial charge in [0.15, 0.2) is 0 Å². The van der Waals surface area contributed by atoms with Gasteiger partial charge in [0.1, 0.15) is 16.5 Å². The summed E-state index contributed by atoms with van der Waals surface area (Å²) in [5.74, 6) is -0.632. The number of halogens is 1. The molecule has 1 aliphatic rings. The molecule has 1 saturated heterocycles. The van der Waals surface area contributed by atoms with Gasteiger partial charge < -0.3 is 15.1 Å². The van der Waals surface area contributed by atoms with Gasteiger partial charge in [-0.15, -0.1) is 0 Å². The molecule has 6 heteroatoms. The molecule has 0 radical (unpaired) electrons. The summed E-state index contributed by atoms with van der Waals surface area (Å²) >= 11 is 5.79. The lowest BCUT2D eigenvalue weighted by atomic mass is 10.1. The van der Waals surface area contributed by atoms with Gasteiger partial charge in [-0.1, -0.05) is 11.6 Å². The molecular weight excluding hydrogens is 244 g/mol. The maximum Gasteiger partial charge on any atom is 0.339 e. The maximum atomic E-state index is 11.1. The normalized spacial score (nSPS) is 17.2. The summed E-state index contributed by atoms with van der Waals surface area (Å²) in [5.41, 5.74) is 0.144. The second-order valence-electron chi connectivity index (χ2n) is 4.03. The Balaban J connectivity index is 2.30. The van der Waals surface area contributed by atoms with E-state index in [0.717, 1.165) is 0 Å². The van der Waals surface area contributed by atoms with Crippen LogP contribution in [0.15, 0.2) is 12.1 Å². The Labute approximate surface area is 104 Å². The van der Waals surface area contributed by atoms with E-state index in [1.54, 1.807) is 0 Å². The monoisotopic (exact) mass is 256 g/mol. The summed E-state index contributed by atoms with van der Waals surface area (Å²) in [6.07, 6.45) is 0.930. The average Bonchev–Trinajstić information content (AvgIpc) is 2.29. The molecule has 0 aliphatic carbocycles.